The van der Waals surface area contributed by atoms with Gasteiger partial charge in [-0.25, -0.2) is 4.79 Å². The quantitative estimate of drug-likeness (QED) is 0.525. The molecule has 2 saturated heterocycles. The summed E-state index contributed by atoms with van der Waals surface area (Å²) in [5, 5.41) is 5.05. The van der Waals surface area contributed by atoms with E-state index < -0.39 is 11.6 Å². The minimum Gasteiger partial charge on any atom is -0.334 e. The lowest BCUT2D eigenvalue weighted by atomic mass is 9.80. The van der Waals surface area contributed by atoms with Gasteiger partial charge in [-0.05, 0) is 26.3 Å². The van der Waals surface area contributed by atoms with E-state index in [1.807, 2.05) is 0 Å². The molecule has 2 fully saturated rings. The summed E-state index contributed by atoms with van der Waals surface area (Å²) in [5.74, 6) is -0.288. The standard InChI is InChI=1S/C17H26N4O3/c1-4-8-21(9-5-2)14(22)12-20-10-6-7-13(11-20)17(3)15(23)18-16(24)19-17/h4-5,13H,1-2,6-12H2,3H3,(H2,18,19,23,24). The second-order valence-corrected chi connectivity index (χ2v) is 6.56. The highest BCUT2D eigenvalue weighted by Gasteiger charge is 2.49. The smallest absolute Gasteiger partial charge is 0.322 e. The van der Waals surface area contributed by atoms with Crippen molar-refractivity contribution in [2.75, 3.05) is 32.7 Å². The summed E-state index contributed by atoms with van der Waals surface area (Å²) in [7, 11) is 0. The number of piperidine rings is 1. The van der Waals surface area contributed by atoms with Crippen LogP contribution in [0.3, 0.4) is 0 Å². The van der Waals surface area contributed by atoms with E-state index in [9.17, 15) is 14.4 Å². The number of nitrogens with one attached hydrogen (secondary N) is 2. The molecule has 0 aliphatic carbocycles. The van der Waals surface area contributed by atoms with E-state index >= 15 is 0 Å². The predicted octanol–water partition coefficient (Wildman–Crippen LogP) is 0.497. The van der Waals surface area contributed by atoms with Crippen LogP contribution in [0, 0.1) is 5.92 Å². The molecule has 0 saturated carbocycles. The van der Waals surface area contributed by atoms with Gasteiger partial charge in [-0.1, -0.05) is 12.2 Å². The predicted molar refractivity (Wildman–Crippen MR) is 91.2 cm³/mol. The first kappa shape index (κ1) is 18.2. The van der Waals surface area contributed by atoms with Crippen LogP contribution in [-0.4, -0.2) is 65.9 Å². The van der Waals surface area contributed by atoms with E-state index in [1.54, 1.807) is 24.0 Å². The zero-order chi connectivity index (χ0) is 17.7. The zero-order valence-corrected chi connectivity index (χ0v) is 14.2. The molecule has 7 heteroatoms. The molecule has 0 aromatic carbocycles. The average molecular weight is 334 g/mol. The number of carbonyl (C=O) groups excluding carboxylic acids is 3. The minimum atomic E-state index is -0.902. The fourth-order valence-electron chi connectivity index (χ4n) is 3.40. The lowest BCUT2D eigenvalue weighted by Gasteiger charge is -2.39. The van der Waals surface area contributed by atoms with Crippen molar-refractivity contribution in [1.82, 2.24) is 20.4 Å². The molecular weight excluding hydrogens is 308 g/mol. The molecule has 0 radical (unpaired) electrons. The first-order valence-corrected chi connectivity index (χ1v) is 8.26. The molecule has 0 bridgehead atoms. The Bertz CT molecular complexity index is 538. The van der Waals surface area contributed by atoms with Gasteiger partial charge in [0.1, 0.15) is 5.54 Å². The fraction of sp³-hybridized carbons (Fsp3) is 0.588. The topological polar surface area (TPSA) is 81.8 Å². The van der Waals surface area contributed by atoms with E-state index in [-0.39, 0.29) is 17.7 Å². The summed E-state index contributed by atoms with van der Waals surface area (Å²) >= 11 is 0. The number of urea groups is 1. The largest absolute Gasteiger partial charge is 0.334 e. The number of imide groups is 1. The van der Waals surface area contributed by atoms with Crippen LogP contribution in [0.15, 0.2) is 25.3 Å². The van der Waals surface area contributed by atoms with Crippen LogP contribution in [0.1, 0.15) is 19.8 Å². The Morgan fingerprint density at radius 2 is 2.04 bits per heavy atom. The molecule has 24 heavy (non-hydrogen) atoms. The van der Waals surface area contributed by atoms with Crippen molar-refractivity contribution in [3.05, 3.63) is 25.3 Å². The fourth-order valence-corrected chi connectivity index (χ4v) is 3.40. The number of nitrogens with zero attached hydrogens (tertiary/aromatic N) is 2. The van der Waals surface area contributed by atoms with Gasteiger partial charge in [0.25, 0.3) is 5.91 Å². The van der Waals surface area contributed by atoms with Gasteiger partial charge in [0, 0.05) is 25.6 Å². The molecule has 2 atom stereocenters. The van der Waals surface area contributed by atoms with Crippen molar-refractivity contribution in [3.8, 4) is 0 Å². The van der Waals surface area contributed by atoms with E-state index in [0.717, 1.165) is 19.4 Å². The average Bonchev–Trinajstić information content (AvgIpc) is 2.81. The third-order valence-corrected chi connectivity index (χ3v) is 4.80. The third-order valence-electron chi connectivity index (χ3n) is 4.80. The maximum Gasteiger partial charge on any atom is 0.322 e. The molecule has 2 aliphatic rings. The Balaban J connectivity index is 1.99. The van der Waals surface area contributed by atoms with Crippen LogP contribution in [0.4, 0.5) is 4.79 Å². The summed E-state index contributed by atoms with van der Waals surface area (Å²) in [6, 6.07) is -0.446. The van der Waals surface area contributed by atoms with Gasteiger partial charge in [0.05, 0.1) is 6.54 Å². The number of rotatable bonds is 7. The van der Waals surface area contributed by atoms with Crippen LogP contribution >= 0.6 is 0 Å². The highest BCUT2D eigenvalue weighted by Crippen LogP contribution is 2.29. The van der Waals surface area contributed by atoms with Gasteiger partial charge < -0.3 is 10.2 Å². The Kier molecular flexibility index (Phi) is 5.77. The Morgan fingerprint density at radius 1 is 1.38 bits per heavy atom. The van der Waals surface area contributed by atoms with Gasteiger partial charge in [0.15, 0.2) is 0 Å². The van der Waals surface area contributed by atoms with Crippen LogP contribution < -0.4 is 10.6 Å². The van der Waals surface area contributed by atoms with Crippen molar-refractivity contribution in [2.45, 2.75) is 25.3 Å². The molecule has 2 N–H and O–H groups in total. The molecule has 0 aromatic rings. The van der Waals surface area contributed by atoms with Crippen molar-refractivity contribution in [1.29, 1.82) is 0 Å². The molecule has 2 unspecified atom stereocenters. The first-order valence-electron chi connectivity index (χ1n) is 8.26. The van der Waals surface area contributed by atoms with Crippen LogP contribution in [0.25, 0.3) is 0 Å². The van der Waals surface area contributed by atoms with Gasteiger partial charge in [0.2, 0.25) is 5.91 Å². The van der Waals surface area contributed by atoms with Crippen molar-refractivity contribution < 1.29 is 14.4 Å². The lowest BCUT2D eigenvalue weighted by Crippen LogP contribution is -2.56. The van der Waals surface area contributed by atoms with E-state index in [2.05, 4.69) is 28.7 Å². The highest BCUT2D eigenvalue weighted by atomic mass is 16.2. The van der Waals surface area contributed by atoms with Crippen molar-refractivity contribution in [2.24, 2.45) is 5.92 Å². The SMILES string of the molecule is C=CCN(CC=C)C(=O)CN1CCCC(C2(C)NC(=O)NC2=O)C1. The summed E-state index contributed by atoms with van der Waals surface area (Å²) in [4.78, 5) is 39.8. The number of hydrogen-bond donors (Lipinski definition) is 2. The van der Waals surface area contributed by atoms with E-state index in [1.165, 1.54) is 0 Å². The Hall–Kier alpha value is -2.15. The number of likely N-dealkylation sites (tertiary alicyclic amines) is 1. The zero-order valence-electron chi connectivity index (χ0n) is 14.2. The summed E-state index contributed by atoms with van der Waals surface area (Å²) < 4.78 is 0. The number of amides is 4. The van der Waals surface area contributed by atoms with Crippen molar-refractivity contribution in [3.63, 3.8) is 0 Å². The van der Waals surface area contributed by atoms with Crippen LogP contribution in [0.2, 0.25) is 0 Å². The first-order chi connectivity index (χ1) is 11.4. The molecule has 2 rings (SSSR count). The van der Waals surface area contributed by atoms with Gasteiger partial charge in [-0.3, -0.25) is 19.8 Å². The van der Waals surface area contributed by atoms with E-state index in [4.69, 9.17) is 0 Å². The molecule has 0 aromatic heterocycles. The van der Waals surface area contributed by atoms with Gasteiger partial charge in [-0.15, -0.1) is 13.2 Å². The summed E-state index contributed by atoms with van der Waals surface area (Å²) in [6.07, 6.45) is 5.12. The Labute approximate surface area is 142 Å². The van der Waals surface area contributed by atoms with Gasteiger partial charge >= 0.3 is 6.03 Å². The normalized spacial score (nSPS) is 27.3. The van der Waals surface area contributed by atoms with Crippen LogP contribution in [0.5, 0.6) is 0 Å². The third kappa shape index (κ3) is 3.84. The van der Waals surface area contributed by atoms with Gasteiger partial charge in [-0.2, -0.15) is 0 Å². The maximum absolute atomic E-state index is 12.5. The number of carbonyl (C=O) groups is 3. The van der Waals surface area contributed by atoms with Crippen molar-refractivity contribution >= 4 is 17.8 Å². The molecular formula is C17H26N4O3. The summed E-state index contributed by atoms with van der Waals surface area (Å²) in [6.45, 7) is 11.8. The lowest BCUT2D eigenvalue weighted by molar-refractivity contribution is -0.132. The molecule has 2 aliphatic heterocycles. The molecule has 132 valence electrons. The van der Waals surface area contributed by atoms with Crippen LogP contribution in [-0.2, 0) is 9.59 Å². The highest BCUT2D eigenvalue weighted by molar-refractivity contribution is 6.07. The minimum absolute atomic E-state index is 0.0144. The second-order valence-electron chi connectivity index (χ2n) is 6.56. The second kappa shape index (κ2) is 7.61. The Morgan fingerprint density at radius 3 is 2.58 bits per heavy atom. The molecule has 2 heterocycles. The molecule has 4 amide bonds. The number of hydrogen-bond acceptors (Lipinski definition) is 4. The maximum atomic E-state index is 12.5. The monoisotopic (exact) mass is 334 g/mol. The van der Waals surface area contributed by atoms with E-state index in [0.29, 0.717) is 26.2 Å². The summed E-state index contributed by atoms with van der Waals surface area (Å²) in [5.41, 5.74) is -0.902. The molecule has 7 nitrogen and oxygen atoms in total. The molecule has 0 spiro atoms.